The fraction of sp³-hybridized carbons (Fsp3) is 0.700. The molecule has 5 heteroatoms. The predicted octanol–water partition coefficient (Wildman–Crippen LogP) is 4.44. The van der Waals surface area contributed by atoms with Gasteiger partial charge in [0.15, 0.2) is 0 Å². The molecule has 0 aromatic heterocycles. The molecule has 1 aromatic carbocycles. The first-order chi connectivity index (χ1) is 12.0. The zero-order valence-corrected chi connectivity index (χ0v) is 16.3. The first-order valence-electron chi connectivity index (χ1n) is 9.74. The molecule has 0 spiro atoms. The molecular formula is C20H33NO3S. The Balaban J connectivity index is 1.41. The van der Waals surface area contributed by atoms with E-state index < -0.39 is 10.0 Å². The van der Waals surface area contributed by atoms with Crippen molar-refractivity contribution >= 4 is 10.0 Å². The smallest absolute Gasteiger partial charge is 0.208 e. The molecule has 0 saturated heterocycles. The Labute approximate surface area is 153 Å². The van der Waals surface area contributed by atoms with Gasteiger partial charge in [-0.1, -0.05) is 56.7 Å². The number of para-hydroxylation sites is 1. The summed E-state index contributed by atoms with van der Waals surface area (Å²) in [5, 5.41) is 0. The summed E-state index contributed by atoms with van der Waals surface area (Å²) < 4.78 is 30.5. The maximum Gasteiger partial charge on any atom is 0.208 e. The van der Waals surface area contributed by atoms with E-state index in [4.69, 9.17) is 4.74 Å². The van der Waals surface area contributed by atoms with Crippen LogP contribution >= 0.6 is 0 Å². The van der Waals surface area contributed by atoms with Crippen LogP contribution in [0.25, 0.3) is 0 Å². The Kier molecular flexibility index (Phi) is 8.76. The summed E-state index contributed by atoms with van der Waals surface area (Å²) in [4.78, 5) is 0. The minimum absolute atomic E-state index is 0.400. The van der Waals surface area contributed by atoms with Crippen molar-refractivity contribution in [3.63, 3.8) is 0 Å². The quantitative estimate of drug-likeness (QED) is 0.556. The molecule has 1 N–H and O–H groups in total. The van der Waals surface area contributed by atoms with E-state index in [9.17, 15) is 8.42 Å². The molecule has 1 aromatic rings. The average Bonchev–Trinajstić information content (AvgIpc) is 2.58. The van der Waals surface area contributed by atoms with E-state index in [-0.39, 0.29) is 0 Å². The fourth-order valence-corrected chi connectivity index (χ4v) is 3.91. The summed E-state index contributed by atoms with van der Waals surface area (Å²) in [6.07, 6.45) is 14.7. The Morgan fingerprint density at radius 2 is 1.64 bits per heavy atom. The van der Waals surface area contributed by atoms with E-state index in [1.54, 1.807) is 0 Å². The van der Waals surface area contributed by atoms with Crippen LogP contribution in [0.2, 0.25) is 0 Å². The third-order valence-electron chi connectivity index (χ3n) is 4.82. The van der Waals surface area contributed by atoms with Crippen molar-refractivity contribution in [1.29, 1.82) is 0 Å². The van der Waals surface area contributed by atoms with Crippen LogP contribution < -0.4 is 9.46 Å². The molecule has 142 valence electrons. The normalized spacial score (nSPS) is 17.1. The zero-order chi connectivity index (χ0) is 18.0. The summed E-state index contributed by atoms with van der Waals surface area (Å²) in [5.41, 5.74) is 1.35. The molecule has 0 saturated carbocycles. The standard InChI is InChI=1S/C20H33NO3S/c1-25(22,23)21-17-11-7-5-3-2-4-6-8-13-19-16-15-18-12-9-10-14-20(18)24-19/h9-10,12,14,19,21H,2-8,11,13,15-17H2,1H3/t19-/m1/s1. The van der Waals surface area contributed by atoms with E-state index in [0.717, 1.165) is 31.4 Å². The number of aryl methyl sites for hydroxylation is 1. The Morgan fingerprint density at radius 1 is 1.00 bits per heavy atom. The summed E-state index contributed by atoms with van der Waals surface area (Å²) in [5.74, 6) is 1.09. The van der Waals surface area contributed by atoms with Crippen LogP contribution in [-0.4, -0.2) is 27.3 Å². The van der Waals surface area contributed by atoms with Gasteiger partial charge in [0.25, 0.3) is 0 Å². The molecule has 0 fully saturated rings. The second kappa shape index (κ2) is 10.8. The van der Waals surface area contributed by atoms with Gasteiger partial charge >= 0.3 is 0 Å². The topological polar surface area (TPSA) is 55.4 Å². The molecule has 2 rings (SSSR count). The molecule has 1 aliphatic heterocycles. The fourth-order valence-electron chi connectivity index (χ4n) is 3.40. The van der Waals surface area contributed by atoms with E-state index in [0.29, 0.717) is 12.6 Å². The zero-order valence-electron chi connectivity index (χ0n) is 15.5. The lowest BCUT2D eigenvalue weighted by molar-refractivity contribution is 0.160. The van der Waals surface area contributed by atoms with Crippen LogP contribution in [0.4, 0.5) is 0 Å². The first-order valence-corrected chi connectivity index (χ1v) is 11.6. The van der Waals surface area contributed by atoms with Gasteiger partial charge in [0, 0.05) is 6.54 Å². The van der Waals surface area contributed by atoms with Crippen molar-refractivity contribution in [2.75, 3.05) is 12.8 Å². The second-order valence-corrected chi connectivity index (χ2v) is 9.00. The van der Waals surface area contributed by atoms with Crippen molar-refractivity contribution in [3.05, 3.63) is 29.8 Å². The lowest BCUT2D eigenvalue weighted by atomic mass is 9.98. The van der Waals surface area contributed by atoms with Crippen molar-refractivity contribution in [1.82, 2.24) is 4.72 Å². The van der Waals surface area contributed by atoms with E-state index in [2.05, 4.69) is 29.0 Å². The number of hydrogen-bond donors (Lipinski definition) is 1. The number of rotatable bonds is 12. The van der Waals surface area contributed by atoms with Gasteiger partial charge < -0.3 is 4.74 Å². The van der Waals surface area contributed by atoms with E-state index >= 15 is 0 Å². The number of benzene rings is 1. The molecule has 0 amide bonds. The number of nitrogens with one attached hydrogen (secondary N) is 1. The van der Waals surface area contributed by atoms with Crippen molar-refractivity contribution in [2.24, 2.45) is 0 Å². The average molecular weight is 368 g/mol. The van der Waals surface area contributed by atoms with E-state index in [1.165, 1.54) is 56.8 Å². The minimum atomic E-state index is -3.02. The molecule has 0 bridgehead atoms. The molecule has 1 aliphatic rings. The summed E-state index contributed by atoms with van der Waals surface area (Å²) in [7, 11) is -3.02. The molecule has 4 nitrogen and oxygen atoms in total. The van der Waals surface area contributed by atoms with Gasteiger partial charge in [0.1, 0.15) is 5.75 Å². The highest BCUT2D eigenvalue weighted by Gasteiger charge is 2.18. The van der Waals surface area contributed by atoms with Crippen LogP contribution in [0.15, 0.2) is 24.3 Å². The maximum atomic E-state index is 10.9. The molecule has 1 atom stereocenters. The molecule has 0 unspecified atom stereocenters. The highest BCUT2D eigenvalue weighted by molar-refractivity contribution is 7.88. The number of unbranched alkanes of at least 4 members (excludes halogenated alkanes) is 7. The number of ether oxygens (including phenoxy) is 1. The largest absolute Gasteiger partial charge is 0.490 e. The van der Waals surface area contributed by atoms with E-state index in [1.807, 2.05) is 0 Å². The van der Waals surface area contributed by atoms with Gasteiger partial charge in [-0.25, -0.2) is 13.1 Å². The molecule has 0 radical (unpaired) electrons. The Morgan fingerprint density at radius 3 is 2.36 bits per heavy atom. The SMILES string of the molecule is CS(=O)(=O)NCCCCCCCCCC[C@@H]1CCc2ccccc2O1. The number of sulfonamides is 1. The molecule has 0 aliphatic carbocycles. The summed E-state index contributed by atoms with van der Waals surface area (Å²) >= 11 is 0. The molecule has 25 heavy (non-hydrogen) atoms. The summed E-state index contributed by atoms with van der Waals surface area (Å²) in [6, 6.07) is 8.40. The van der Waals surface area contributed by atoms with Gasteiger partial charge in [-0.2, -0.15) is 0 Å². The predicted molar refractivity (Wildman–Crippen MR) is 104 cm³/mol. The highest BCUT2D eigenvalue weighted by atomic mass is 32.2. The summed E-state index contributed by atoms with van der Waals surface area (Å²) in [6.45, 7) is 0.573. The maximum absolute atomic E-state index is 10.9. The third-order valence-corrected chi connectivity index (χ3v) is 5.55. The lowest BCUT2D eigenvalue weighted by Crippen LogP contribution is -2.22. The van der Waals surface area contributed by atoms with Crippen molar-refractivity contribution in [3.8, 4) is 5.75 Å². The monoisotopic (exact) mass is 367 g/mol. The lowest BCUT2D eigenvalue weighted by Gasteiger charge is -2.26. The van der Waals surface area contributed by atoms with Crippen LogP contribution in [0.5, 0.6) is 5.75 Å². The van der Waals surface area contributed by atoms with Gasteiger partial charge in [-0.15, -0.1) is 0 Å². The van der Waals surface area contributed by atoms with Crippen LogP contribution in [0, 0.1) is 0 Å². The minimum Gasteiger partial charge on any atom is -0.490 e. The number of hydrogen-bond acceptors (Lipinski definition) is 3. The Hall–Kier alpha value is -1.07. The highest BCUT2D eigenvalue weighted by Crippen LogP contribution is 2.29. The van der Waals surface area contributed by atoms with Gasteiger partial charge in [-0.05, 0) is 43.7 Å². The van der Waals surface area contributed by atoms with Crippen molar-refractivity contribution < 1.29 is 13.2 Å². The van der Waals surface area contributed by atoms with Gasteiger partial charge in [-0.3, -0.25) is 0 Å². The third kappa shape index (κ3) is 8.73. The first kappa shape index (κ1) is 20.2. The van der Waals surface area contributed by atoms with Crippen LogP contribution in [0.3, 0.4) is 0 Å². The van der Waals surface area contributed by atoms with Gasteiger partial charge in [0.05, 0.1) is 12.4 Å². The van der Waals surface area contributed by atoms with Crippen LogP contribution in [0.1, 0.15) is 69.8 Å². The second-order valence-electron chi connectivity index (χ2n) is 7.17. The van der Waals surface area contributed by atoms with Gasteiger partial charge in [0.2, 0.25) is 10.0 Å². The van der Waals surface area contributed by atoms with Crippen molar-refractivity contribution in [2.45, 2.75) is 76.7 Å². The molecular weight excluding hydrogens is 334 g/mol. The molecule has 1 heterocycles. The number of fused-ring (bicyclic) bond motifs is 1. The Bertz CT molecular complexity index is 601. The van der Waals surface area contributed by atoms with Crippen LogP contribution in [-0.2, 0) is 16.4 Å².